The maximum Gasteiger partial charge on any atom is 0.573 e. The molecule has 0 bridgehead atoms. The smallest absolute Gasteiger partial charge is 0.454 e. The summed E-state index contributed by atoms with van der Waals surface area (Å²) in [4.78, 5) is 13.2. The lowest BCUT2D eigenvalue weighted by atomic mass is 9.87. The summed E-state index contributed by atoms with van der Waals surface area (Å²) in [5, 5.41) is 5.11. The number of carbonyl (C=O) groups excluding carboxylic acids is 1. The van der Waals surface area contributed by atoms with Crippen LogP contribution >= 0.6 is 0 Å². The Labute approximate surface area is 207 Å². The maximum atomic E-state index is 13.3. The van der Waals surface area contributed by atoms with Crippen molar-refractivity contribution in [2.45, 2.75) is 35.9 Å². The number of fused-ring (bicyclic) bond motifs is 1. The SMILES string of the molecule is NS(=O)(=O)c1ccc(-c2cc(CC(=O)C3(c4ccc5c(c4)OCO5)CC3)ccc2OC(F)(F)F)cc1.[HH].[HH]. The van der Waals surface area contributed by atoms with Gasteiger partial charge in [-0.3, -0.25) is 4.79 Å². The molecular formula is C25H24F3NO6S. The van der Waals surface area contributed by atoms with Gasteiger partial charge in [-0.15, -0.1) is 13.2 Å². The van der Waals surface area contributed by atoms with Gasteiger partial charge in [0, 0.05) is 14.8 Å². The van der Waals surface area contributed by atoms with E-state index in [4.69, 9.17) is 14.6 Å². The van der Waals surface area contributed by atoms with Gasteiger partial charge >= 0.3 is 6.36 Å². The second-order valence-electron chi connectivity index (χ2n) is 8.70. The summed E-state index contributed by atoms with van der Waals surface area (Å²) in [5.74, 6) is 0.645. The molecule has 0 amide bonds. The lowest BCUT2D eigenvalue weighted by Crippen LogP contribution is -2.22. The van der Waals surface area contributed by atoms with Crippen molar-refractivity contribution in [2.24, 2.45) is 5.14 Å². The van der Waals surface area contributed by atoms with Crippen molar-refractivity contribution in [3.63, 3.8) is 0 Å². The number of primary sulfonamides is 1. The van der Waals surface area contributed by atoms with Gasteiger partial charge in [0.2, 0.25) is 16.8 Å². The molecule has 1 aliphatic heterocycles. The van der Waals surface area contributed by atoms with E-state index in [9.17, 15) is 26.4 Å². The van der Waals surface area contributed by atoms with Crippen molar-refractivity contribution >= 4 is 15.8 Å². The number of benzene rings is 3. The zero-order chi connectivity index (χ0) is 25.7. The molecular weight excluding hydrogens is 499 g/mol. The highest BCUT2D eigenvalue weighted by Gasteiger charge is 2.50. The Morgan fingerprint density at radius 2 is 1.69 bits per heavy atom. The molecule has 36 heavy (non-hydrogen) atoms. The van der Waals surface area contributed by atoms with Gasteiger partial charge in [0.1, 0.15) is 11.5 Å². The summed E-state index contributed by atoms with van der Waals surface area (Å²) in [6.07, 6.45) is -3.64. The fourth-order valence-electron chi connectivity index (χ4n) is 4.35. The number of ketones is 1. The largest absolute Gasteiger partial charge is 0.573 e. The van der Waals surface area contributed by atoms with Crippen molar-refractivity contribution in [2.75, 3.05) is 6.79 Å². The van der Waals surface area contributed by atoms with Crippen LogP contribution < -0.4 is 19.3 Å². The standard InChI is InChI=1S/C25H20F3NO6S.2H2/c26-25(27,28)35-20-7-1-15(11-19(20)16-2-5-18(6-3-16)36(29,31)32)12-23(30)24(9-10-24)17-4-8-21-22(13-17)34-14-33-21;;/h1-8,11,13H,9-10,12,14H2,(H2,29,31,32);2*1H. The van der Waals surface area contributed by atoms with Gasteiger partial charge in [0.15, 0.2) is 11.5 Å². The fourth-order valence-corrected chi connectivity index (χ4v) is 4.87. The third-order valence-electron chi connectivity index (χ3n) is 6.34. The lowest BCUT2D eigenvalue weighted by molar-refractivity contribution is -0.274. The van der Waals surface area contributed by atoms with Gasteiger partial charge in [0.25, 0.3) is 0 Å². The second-order valence-corrected chi connectivity index (χ2v) is 10.3. The Morgan fingerprint density at radius 1 is 1.00 bits per heavy atom. The number of halogens is 3. The first-order chi connectivity index (χ1) is 16.9. The third-order valence-corrected chi connectivity index (χ3v) is 7.27. The minimum Gasteiger partial charge on any atom is -0.454 e. The molecule has 0 atom stereocenters. The molecule has 5 rings (SSSR count). The van der Waals surface area contributed by atoms with Crippen molar-refractivity contribution < 1.29 is 43.4 Å². The van der Waals surface area contributed by atoms with Crippen molar-refractivity contribution in [1.29, 1.82) is 0 Å². The number of carbonyl (C=O) groups is 1. The van der Waals surface area contributed by atoms with E-state index >= 15 is 0 Å². The minimum atomic E-state index is -4.94. The first-order valence-electron chi connectivity index (χ1n) is 10.9. The van der Waals surface area contributed by atoms with Gasteiger partial charge in [-0.25, -0.2) is 13.6 Å². The van der Waals surface area contributed by atoms with E-state index in [0.29, 0.717) is 29.9 Å². The first-order valence-corrected chi connectivity index (χ1v) is 12.4. The van der Waals surface area contributed by atoms with E-state index in [1.54, 1.807) is 12.1 Å². The van der Waals surface area contributed by atoms with E-state index in [0.717, 1.165) is 11.6 Å². The molecule has 0 aromatic heterocycles. The predicted octanol–water partition coefficient (Wildman–Crippen LogP) is 4.96. The van der Waals surface area contributed by atoms with Crippen LogP contribution in [0.2, 0.25) is 0 Å². The van der Waals surface area contributed by atoms with Gasteiger partial charge in [-0.1, -0.05) is 24.3 Å². The molecule has 0 spiro atoms. The summed E-state index contributed by atoms with van der Waals surface area (Å²) in [5.41, 5.74) is 0.957. The number of ether oxygens (including phenoxy) is 3. The summed E-state index contributed by atoms with van der Waals surface area (Å²) in [6, 6.07) is 14.5. The summed E-state index contributed by atoms with van der Waals surface area (Å²) in [7, 11) is -3.98. The quantitative estimate of drug-likeness (QED) is 0.469. The van der Waals surface area contributed by atoms with Crippen LogP contribution in [0.1, 0.15) is 26.8 Å². The van der Waals surface area contributed by atoms with E-state index in [1.165, 1.54) is 36.4 Å². The van der Waals surface area contributed by atoms with Crippen molar-refractivity contribution in [3.8, 4) is 28.4 Å². The Hall–Kier alpha value is -3.57. The molecule has 11 heteroatoms. The highest BCUT2D eigenvalue weighted by atomic mass is 32.2. The number of nitrogens with two attached hydrogens (primary N) is 1. The number of hydrogen-bond donors (Lipinski definition) is 1. The molecule has 2 N–H and O–H groups in total. The molecule has 3 aromatic rings. The Kier molecular flexibility index (Phi) is 5.72. The monoisotopic (exact) mass is 523 g/mol. The molecule has 7 nitrogen and oxygen atoms in total. The minimum absolute atomic E-state index is 0. The highest BCUT2D eigenvalue weighted by molar-refractivity contribution is 7.89. The normalized spacial score (nSPS) is 16.0. The van der Waals surface area contributed by atoms with Crippen LogP contribution in [0, 0.1) is 0 Å². The van der Waals surface area contributed by atoms with Gasteiger partial charge < -0.3 is 14.2 Å². The molecule has 1 heterocycles. The number of hydrogen-bond acceptors (Lipinski definition) is 6. The topological polar surface area (TPSA) is 105 Å². The Bertz CT molecular complexity index is 1460. The van der Waals surface area contributed by atoms with Crippen LogP contribution in [0.4, 0.5) is 13.2 Å². The van der Waals surface area contributed by atoms with E-state index < -0.39 is 27.6 Å². The van der Waals surface area contributed by atoms with E-state index in [1.807, 2.05) is 6.07 Å². The lowest BCUT2D eigenvalue weighted by Gasteiger charge is -2.17. The highest BCUT2D eigenvalue weighted by Crippen LogP contribution is 2.51. The van der Waals surface area contributed by atoms with Crippen molar-refractivity contribution in [3.05, 3.63) is 71.8 Å². The van der Waals surface area contributed by atoms with Crippen molar-refractivity contribution in [1.82, 2.24) is 0 Å². The van der Waals surface area contributed by atoms with Crippen LogP contribution in [0.25, 0.3) is 11.1 Å². The molecule has 192 valence electrons. The second kappa shape index (κ2) is 8.52. The average molecular weight is 524 g/mol. The molecule has 2 aliphatic rings. The third kappa shape index (κ3) is 4.76. The van der Waals surface area contributed by atoms with Crippen LogP contribution in [-0.4, -0.2) is 27.4 Å². The number of alkyl halides is 3. The Morgan fingerprint density at radius 3 is 2.33 bits per heavy atom. The van der Waals surface area contributed by atoms with Gasteiger partial charge in [-0.2, -0.15) is 0 Å². The molecule has 0 unspecified atom stereocenters. The molecule has 0 saturated heterocycles. The zero-order valence-corrected chi connectivity index (χ0v) is 19.5. The number of sulfonamides is 1. The summed E-state index contributed by atoms with van der Waals surface area (Å²) >= 11 is 0. The molecule has 1 saturated carbocycles. The van der Waals surface area contributed by atoms with Crippen LogP contribution in [-0.2, 0) is 26.7 Å². The van der Waals surface area contributed by atoms with Crippen LogP contribution in [0.3, 0.4) is 0 Å². The average Bonchev–Trinajstić information content (AvgIpc) is 3.49. The molecule has 3 aromatic carbocycles. The summed E-state index contributed by atoms with van der Waals surface area (Å²) in [6.45, 7) is 0.118. The van der Waals surface area contributed by atoms with Gasteiger partial charge in [-0.05, 0) is 65.9 Å². The molecule has 1 fully saturated rings. The number of rotatable bonds is 7. The van der Waals surface area contributed by atoms with Gasteiger partial charge in [0.05, 0.1) is 10.3 Å². The fraction of sp³-hybridized carbons (Fsp3) is 0.240. The van der Waals surface area contributed by atoms with Crippen LogP contribution in [0.15, 0.2) is 65.6 Å². The van der Waals surface area contributed by atoms with E-state index in [2.05, 4.69) is 4.74 Å². The number of Topliss-reactive ketones (excluding diaryl/α,β-unsaturated/α-hetero) is 1. The predicted molar refractivity (Wildman–Crippen MR) is 126 cm³/mol. The summed E-state index contributed by atoms with van der Waals surface area (Å²) < 4.78 is 77.1. The molecule has 1 aliphatic carbocycles. The molecule has 0 radical (unpaired) electrons. The maximum absolute atomic E-state index is 13.3. The zero-order valence-electron chi connectivity index (χ0n) is 18.7. The van der Waals surface area contributed by atoms with E-state index in [-0.39, 0.29) is 37.9 Å². The first kappa shape index (κ1) is 24.1. The Balaban J connectivity index is 0.00000200. The van der Waals surface area contributed by atoms with Crippen LogP contribution in [0.5, 0.6) is 17.2 Å².